The fraction of sp³-hybridized carbons (Fsp3) is 0.444. The fourth-order valence-corrected chi connectivity index (χ4v) is 5.70. The lowest BCUT2D eigenvalue weighted by Gasteiger charge is -2.42. The van der Waals surface area contributed by atoms with Crippen molar-refractivity contribution in [3.05, 3.63) is 51.6 Å². The quantitative estimate of drug-likeness (QED) is 0.254. The third-order valence-corrected chi connectivity index (χ3v) is 7.84. The van der Waals surface area contributed by atoms with E-state index >= 15 is 0 Å². The van der Waals surface area contributed by atoms with E-state index in [1.165, 1.54) is 20.1 Å². The zero-order valence-electron chi connectivity index (χ0n) is 21.6. The summed E-state index contributed by atoms with van der Waals surface area (Å²) < 4.78 is 17.2. The van der Waals surface area contributed by atoms with Crippen molar-refractivity contribution >= 4 is 29.7 Å². The number of phenols is 2. The van der Waals surface area contributed by atoms with Crippen LogP contribution >= 0.6 is 12.4 Å². The van der Waals surface area contributed by atoms with E-state index in [9.17, 15) is 30.0 Å². The molecule has 6 atom stereocenters. The van der Waals surface area contributed by atoms with E-state index in [0.717, 1.165) is 0 Å². The molecule has 7 N–H and O–H groups in total. The Morgan fingerprint density at radius 2 is 1.90 bits per heavy atom. The number of benzene rings is 2. The molecule has 0 unspecified atom stereocenters. The first-order valence-electron chi connectivity index (χ1n) is 12.3. The number of aliphatic hydroxyl groups excluding tert-OH is 1. The lowest BCUT2D eigenvalue weighted by atomic mass is 9.72. The topological polar surface area (TPSA) is 193 Å². The number of aromatic hydroxyl groups is 2. The fourth-order valence-electron chi connectivity index (χ4n) is 5.70. The van der Waals surface area contributed by atoms with Gasteiger partial charge in [0.1, 0.15) is 22.8 Å². The molecule has 39 heavy (non-hydrogen) atoms. The van der Waals surface area contributed by atoms with Gasteiger partial charge in [-0.25, -0.2) is 0 Å². The van der Waals surface area contributed by atoms with Gasteiger partial charge in [-0.2, -0.15) is 0 Å². The Morgan fingerprint density at radius 1 is 1.21 bits per heavy atom. The number of hydrogen-bond acceptors (Lipinski definition) is 11. The molecule has 0 bridgehead atoms. The van der Waals surface area contributed by atoms with Gasteiger partial charge in [0, 0.05) is 42.0 Å². The predicted octanol–water partition coefficient (Wildman–Crippen LogP) is 1.64. The SMILES string of the molecule is COc1cccc2c1C(=N)c1c(O)c3c(c(O)c1C2=O)C[C@@](O)(C(C)=O)C[C@@H]3O[C@H]1C[C@H](N)[C@H](O)[C@H](C)O1.Cl. The molecule has 11 nitrogen and oxygen atoms in total. The number of carbonyl (C=O) groups excluding carboxylic acids is 2. The standard InChI is InChI=1S/C27H30N2O9.ClH/c1-10-23(31)14(28)7-17(37-10)38-16-9-27(35,11(2)30)8-13-19(16)26(34)20-21(25(13)33)24(32)12-5-4-6-15(36-3)18(12)22(20)29;/h4-6,10,14,16-17,23,29,31,33-35H,7-9,28H2,1-3H3;1H/t10-,14-,16-,17-,23+,27-;/m0./s1. The Morgan fingerprint density at radius 3 is 2.51 bits per heavy atom. The van der Waals surface area contributed by atoms with Crippen LogP contribution in [0, 0.1) is 5.41 Å². The third kappa shape index (κ3) is 4.39. The van der Waals surface area contributed by atoms with Crippen LogP contribution in [0.5, 0.6) is 17.2 Å². The lowest BCUT2D eigenvalue weighted by molar-refractivity contribution is -0.247. The number of ether oxygens (including phenoxy) is 3. The van der Waals surface area contributed by atoms with Gasteiger partial charge in [0.05, 0.1) is 47.8 Å². The van der Waals surface area contributed by atoms with Gasteiger partial charge < -0.3 is 40.4 Å². The van der Waals surface area contributed by atoms with Crippen LogP contribution in [0.3, 0.4) is 0 Å². The summed E-state index contributed by atoms with van der Waals surface area (Å²) in [6, 6.07) is 3.98. The van der Waals surface area contributed by atoms with Crippen LogP contribution in [-0.4, -0.2) is 75.0 Å². The van der Waals surface area contributed by atoms with Crippen LogP contribution in [0.1, 0.15) is 71.0 Å². The molecule has 12 heteroatoms. The first kappa shape index (κ1) is 28.9. The van der Waals surface area contributed by atoms with Crippen molar-refractivity contribution in [2.24, 2.45) is 5.73 Å². The van der Waals surface area contributed by atoms with Crippen molar-refractivity contribution < 1.29 is 44.2 Å². The number of aliphatic hydroxyl groups is 2. The van der Waals surface area contributed by atoms with Gasteiger partial charge in [0.2, 0.25) is 0 Å². The van der Waals surface area contributed by atoms with Gasteiger partial charge in [0.25, 0.3) is 0 Å². The molecule has 2 aliphatic carbocycles. The molecule has 1 aliphatic heterocycles. The number of hydrogen-bond donors (Lipinski definition) is 6. The predicted molar refractivity (Wildman–Crippen MR) is 140 cm³/mol. The minimum atomic E-state index is -1.97. The summed E-state index contributed by atoms with van der Waals surface area (Å²) >= 11 is 0. The molecular formula is C27H31ClN2O9. The minimum absolute atomic E-state index is 0. The second-order valence-corrected chi connectivity index (χ2v) is 10.2. The Labute approximate surface area is 230 Å². The van der Waals surface area contributed by atoms with Gasteiger partial charge in [-0.05, 0) is 19.9 Å². The average Bonchev–Trinajstić information content (AvgIpc) is 2.87. The van der Waals surface area contributed by atoms with Crippen molar-refractivity contribution in [2.45, 2.75) is 69.4 Å². The highest BCUT2D eigenvalue weighted by atomic mass is 35.5. The average molecular weight is 563 g/mol. The normalized spacial score (nSPS) is 29.5. The Bertz CT molecular complexity index is 1370. The number of fused-ring (bicyclic) bond motifs is 3. The number of phenolic OH excluding ortho intramolecular Hbond substituents is 2. The third-order valence-electron chi connectivity index (χ3n) is 7.84. The number of ketones is 2. The van der Waals surface area contributed by atoms with E-state index < -0.39 is 59.3 Å². The molecule has 2 aromatic carbocycles. The Hall–Kier alpha value is -3.06. The molecule has 0 radical (unpaired) electrons. The van der Waals surface area contributed by atoms with Gasteiger partial charge in [-0.3, -0.25) is 15.0 Å². The van der Waals surface area contributed by atoms with Gasteiger partial charge >= 0.3 is 0 Å². The first-order valence-corrected chi connectivity index (χ1v) is 12.3. The Balaban J connectivity index is 0.00000353. The van der Waals surface area contributed by atoms with E-state index in [1.54, 1.807) is 19.1 Å². The highest BCUT2D eigenvalue weighted by Gasteiger charge is 2.49. The van der Waals surface area contributed by atoms with E-state index in [0.29, 0.717) is 0 Å². The largest absolute Gasteiger partial charge is 0.507 e. The van der Waals surface area contributed by atoms with E-state index in [-0.39, 0.29) is 76.5 Å². The molecular weight excluding hydrogens is 532 g/mol. The molecule has 1 heterocycles. The molecule has 0 spiro atoms. The first-order chi connectivity index (χ1) is 17.9. The number of halogens is 1. The van der Waals surface area contributed by atoms with E-state index in [4.69, 9.17) is 25.4 Å². The molecule has 0 saturated carbocycles. The second-order valence-electron chi connectivity index (χ2n) is 10.2. The number of nitrogens with two attached hydrogens (primary N) is 1. The van der Waals surface area contributed by atoms with E-state index in [2.05, 4.69) is 0 Å². The van der Waals surface area contributed by atoms with Crippen LogP contribution < -0.4 is 10.5 Å². The maximum atomic E-state index is 13.5. The molecule has 3 aliphatic rings. The lowest BCUT2D eigenvalue weighted by Crippen LogP contribution is -2.52. The van der Waals surface area contributed by atoms with Crippen molar-refractivity contribution in [3.8, 4) is 17.2 Å². The molecule has 2 aromatic rings. The summed E-state index contributed by atoms with van der Waals surface area (Å²) in [4.78, 5) is 26.0. The summed E-state index contributed by atoms with van der Waals surface area (Å²) in [6.07, 6.45) is -4.30. The number of rotatable bonds is 4. The van der Waals surface area contributed by atoms with Crippen molar-refractivity contribution in [3.63, 3.8) is 0 Å². The summed E-state index contributed by atoms with van der Waals surface area (Å²) in [5.74, 6) is -2.01. The minimum Gasteiger partial charge on any atom is -0.507 e. The number of Topliss-reactive ketones (excluding diaryl/α,β-unsaturated/α-hetero) is 1. The van der Waals surface area contributed by atoms with Crippen LogP contribution in [0.15, 0.2) is 18.2 Å². The molecule has 0 aromatic heterocycles. The molecule has 1 saturated heterocycles. The van der Waals surface area contributed by atoms with Crippen LogP contribution in [0.4, 0.5) is 0 Å². The van der Waals surface area contributed by atoms with Gasteiger partial charge in [0.15, 0.2) is 17.9 Å². The number of methoxy groups -OCH3 is 1. The summed E-state index contributed by atoms with van der Waals surface area (Å²) in [7, 11) is 1.40. The van der Waals surface area contributed by atoms with Crippen LogP contribution in [0.25, 0.3) is 0 Å². The van der Waals surface area contributed by atoms with Crippen LogP contribution in [0.2, 0.25) is 0 Å². The highest BCUT2D eigenvalue weighted by molar-refractivity contribution is 6.32. The maximum Gasteiger partial charge on any atom is 0.198 e. The molecule has 5 rings (SSSR count). The molecule has 0 amide bonds. The van der Waals surface area contributed by atoms with Crippen LogP contribution in [-0.2, 0) is 20.7 Å². The summed E-state index contributed by atoms with van der Waals surface area (Å²) in [6.45, 7) is 2.82. The van der Waals surface area contributed by atoms with Crippen molar-refractivity contribution in [1.29, 1.82) is 5.41 Å². The zero-order chi connectivity index (χ0) is 27.7. The van der Waals surface area contributed by atoms with Gasteiger partial charge in [-0.15, -0.1) is 12.4 Å². The van der Waals surface area contributed by atoms with Gasteiger partial charge in [-0.1, -0.05) is 12.1 Å². The Kier molecular flexibility index (Phi) is 7.54. The highest BCUT2D eigenvalue weighted by Crippen LogP contribution is 2.52. The number of nitrogens with one attached hydrogen (secondary N) is 1. The van der Waals surface area contributed by atoms with Crippen molar-refractivity contribution in [2.75, 3.05) is 7.11 Å². The summed E-state index contributed by atoms with van der Waals surface area (Å²) in [5, 5.41) is 53.2. The monoisotopic (exact) mass is 562 g/mol. The smallest absolute Gasteiger partial charge is 0.198 e. The molecule has 210 valence electrons. The second kappa shape index (κ2) is 10.2. The number of carbonyl (C=O) groups is 2. The summed E-state index contributed by atoms with van der Waals surface area (Å²) in [5.41, 5.74) is 3.62. The van der Waals surface area contributed by atoms with E-state index in [1.807, 2.05) is 0 Å². The maximum absolute atomic E-state index is 13.5. The zero-order valence-corrected chi connectivity index (χ0v) is 22.4. The van der Waals surface area contributed by atoms with Crippen molar-refractivity contribution in [1.82, 2.24) is 0 Å². The molecule has 1 fully saturated rings.